The van der Waals surface area contributed by atoms with Gasteiger partial charge in [0.1, 0.15) is 5.69 Å². The molecule has 0 aliphatic rings. The number of amides is 2. The van der Waals surface area contributed by atoms with Crippen molar-refractivity contribution in [1.29, 1.82) is 0 Å². The third kappa shape index (κ3) is 6.19. The number of halogens is 3. The summed E-state index contributed by atoms with van der Waals surface area (Å²) in [6, 6.07) is 22.6. The lowest BCUT2D eigenvalue weighted by atomic mass is 9.87. The Labute approximate surface area is 234 Å². The van der Waals surface area contributed by atoms with Gasteiger partial charge in [-0.2, -0.15) is 13.2 Å². The zero-order valence-electron chi connectivity index (χ0n) is 22.7. The summed E-state index contributed by atoms with van der Waals surface area (Å²) in [6.45, 7) is 6.77. The molecule has 0 atom stereocenters. The van der Waals surface area contributed by atoms with E-state index in [4.69, 9.17) is 4.42 Å². The van der Waals surface area contributed by atoms with Crippen molar-refractivity contribution in [2.24, 2.45) is 0 Å². The first-order valence-electron chi connectivity index (χ1n) is 12.9. The van der Waals surface area contributed by atoms with Gasteiger partial charge < -0.3 is 19.6 Å². The first-order chi connectivity index (χ1) is 19.4. The maximum Gasteiger partial charge on any atom is 0.416 e. The summed E-state index contributed by atoms with van der Waals surface area (Å²) in [5.74, 6) is -0.723. The molecule has 0 spiro atoms. The van der Waals surface area contributed by atoms with Crippen LogP contribution >= 0.6 is 0 Å². The van der Waals surface area contributed by atoms with Crippen LogP contribution in [0.5, 0.6) is 0 Å². The van der Waals surface area contributed by atoms with Crippen molar-refractivity contribution in [1.82, 2.24) is 4.57 Å². The summed E-state index contributed by atoms with van der Waals surface area (Å²) in [5.41, 5.74) is 3.15. The van der Waals surface area contributed by atoms with E-state index < -0.39 is 23.6 Å². The number of rotatable bonds is 6. The van der Waals surface area contributed by atoms with Crippen LogP contribution in [0.15, 0.2) is 95.6 Å². The standard InChI is InChI=1S/C32H28F3N3O3/c1-31(2,3)22-8-6-20(7-9-22)19-38-26-15-14-25(37-30(40)28-5-4-16-41-28)17-21(26)18-27(38)29(39)36-24-12-10-23(11-13-24)32(33,34)35/h4-18H,19H2,1-3H3,(H,36,39)(H,37,40). The quantitative estimate of drug-likeness (QED) is 0.221. The van der Waals surface area contributed by atoms with Gasteiger partial charge in [-0.3, -0.25) is 9.59 Å². The monoisotopic (exact) mass is 559 g/mol. The van der Waals surface area contributed by atoms with Crippen LogP contribution in [-0.2, 0) is 18.1 Å². The number of hydrogen-bond acceptors (Lipinski definition) is 3. The Morgan fingerprint density at radius 1 is 0.780 bits per heavy atom. The lowest BCUT2D eigenvalue weighted by molar-refractivity contribution is -0.137. The number of nitrogens with zero attached hydrogens (tertiary/aromatic N) is 1. The van der Waals surface area contributed by atoms with E-state index in [0.717, 1.165) is 23.2 Å². The van der Waals surface area contributed by atoms with Crippen molar-refractivity contribution in [3.05, 3.63) is 119 Å². The minimum atomic E-state index is -4.47. The van der Waals surface area contributed by atoms with Gasteiger partial charge in [-0.1, -0.05) is 45.0 Å². The molecule has 5 aromatic rings. The van der Waals surface area contributed by atoms with Crippen molar-refractivity contribution in [3.8, 4) is 0 Å². The fourth-order valence-corrected chi connectivity index (χ4v) is 4.54. The van der Waals surface area contributed by atoms with E-state index in [1.165, 1.54) is 24.0 Å². The van der Waals surface area contributed by atoms with E-state index in [1.54, 1.807) is 30.3 Å². The molecule has 2 aromatic heterocycles. The van der Waals surface area contributed by atoms with Crippen LogP contribution in [0.1, 0.15) is 58.5 Å². The predicted molar refractivity (Wildman–Crippen MR) is 152 cm³/mol. The molecule has 0 bridgehead atoms. The second-order valence-electron chi connectivity index (χ2n) is 10.8. The Kier molecular flexibility index (Phi) is 7.21. The van der Waals surface area contributed by atoms with Crippen LogP contribution in [0.3, 0.4) is 0 Å². The Bertz CT molecular complexity index is 1690. The predicted octanol–water partition coefficient (Wildman–Crippen LogP) is 8.10. The van der Waals surface area contributed by atoms with Gasteiger partial charge in [-0.25, -0.2) is 0 Å². The molecule has 9 heteroatoms. The number of furan rings is 1. The van der Waals surface area contributed by atoms with Crippen molar-refractivity contribution < 1.29 is 27.2 Å². The van der Waals surface area contributed by atoms with Gasteiger partial charge in [0.15, 0.2) is 5.76 Å². The topological polar surface area (TPSA) is 76.3 Å². The smallest absolute Gasteiger partial charge is 0.416 e. The molecule has 2 heterocycles. The molecule has 3 aromatic carbocycles. The third-order valence-electron chi connectivity index (χ3n) is 6.77. The number of aromatic nitrogens is 1. The van der Waals surface area contributed by atoms with Crippen LogP contribution in [-0.4, -0.2) is 16.4 Å². The Morgan fingerprint density at radius 3 is 2.02 bits per heavy atom. The SMILES string of the molecule is CC(C)(C)c1ccc(Cn2c(C(=O)Nc3ccc(C(F)(F)F)cc3)cc3cc(NC(=O)c4ccco4)ccc32)cc1. The summed E-state index contributed by atoms with van der Waals surface area (Å²) < 4.78 is 46.0. The maximum atomic E-state index is 13.4. The van der Waals surface area contributed by atoms with Crippen LogP contribution < -0.4 is 10.6 Å². The number of carbonyl (C=O) groups is 2. The first kappa shape index (κ1) is 27.8. The first-order valence-corrected chi connectivity index (χ1v) is 12.9. The number of carbonyl (C=O) groups excluding carboxylic acids is 2. The molecule has 2 N–H and O–H groups in total. The van der Waals surface area contributed by atoms with Gasteiger partial charge >= 0.3 is 6.18 Å². The molecule has 0 aliphatic carbocycles. The Morgan fingerprint density at radius 2 is 1.41 bits per heavy atom. The zero-order valence-corrected chi connectivity index (χ0v) is 22.7. The summed E-state index contributed by atoms with van der Waals surface area (Å²) in [7, 11) is 0. The highest BCUT2D eigenvalue weighted by molar-refractivity contribution is 6.07. The van der Waals surface area contributed by atoms with Gasteiger partial charge in [0.25, 0.3) is 11.8 Å². The van der Waals surface area contributed by atoms with Crippen LogP contribution in [0, 0.1) is 0 Å². The second-order valence-corrected chi connectivity index (χ2v) is 10.8. The van der Waals surface area contributed by atoms with E-state index in [1.807, 2.05) is 22.8 Å². The Hall–Kier alpha value is -4.79. The second kappa shape index (κ2) is 10.6. The van der Waals surface area contributed by atoms with Gasteiger partial charge in [0.2, 0.25) is 0 Å². The molecule has 0 aliphatic heterocycles. The van der Waals surface area contributed by atoms with E-state index in [9.17, 15) is 22.8 Å². The average molecular weight is 560 g/mol. The van der Waals surface area contributed by atoms with Crippen molar-refractivity contribution in [2.45, 2.75) is 38.9 Å². The Balaban J connectivity index is 1.48. The van der Waals surface area contributed by atoms with Crippen LogP contribution in [0.25, 0.3) is 10.9 Å². The number of benzene rings is 3. The largest absolute Gasteiger partial charge is 0.459 e. The molecule has 0 radical (unpaired) electrons. The molecule has 0 saturated carbocycles. The molecule has 41 heavy (non-hydrogen) atoms. The molecule has 5 rings (SSSR count). The number of nitrogens with one attached hydrogen (secondary N) is 2. The van der Waals surface area contributed by atoms with E-state index in [-0.39, 0.29) is 16.9 Å². The number of anilines is 2. The average Bonchev–Trinajstić information content (AvgIpc) is 3.57. The van der Waals surface area contributed by atoms with Crippen molar-refractivity contribution in [2.75, 3.05) is 10.6 Å². The van der Waals surface area contributed by atoms with Gasteiger partial charge in [-0.15, -0.1) is 0 Å². The van der Waals surface area contributed by atoms with Crippen LogP contribution in [0.2, 0.25) is 0 Å². The lowest BCUT2D eigenvalue weighted by Crippen LogP contribution is -2.18. The number of hydrogen-bond donors (Lipinski definition) is 2. The highest BCUT2D eigenvalue weighted by atomic mass is 19.4. The highest BCUT2D eigenvalue weighted by Gasteiger charge is 2.30. The summed E-state index contributed by atoms with van der Waals surface area (Å²) in [6.07, 6.45) is -3.06. The van der Waals surface area contributed by atoms with E-state index in [2.05, 4.69) is 43.5 Å². The van der Waals surface area contributed by atoms with Crippen molar-refractivity contribution in [3.63, 3.8) is 0 Å². The normalized spacial score (nSPS) is 12.0. The minimum Gasteiger partial charge on any atom is -0.459 e. The summed E-state index contributed by atoms with van der Waals surface area (Å²) in [4.78, 5) is 25.9. The minimum absolute atomic E-state index is 0.0120. The van der Waals surface area contributed by atoms with E-state index in [0.29, 0.717) is 23.3 Å². The molecule has 210 valence electrons. The summed E-state index contributed by atoms with van der Waals surface area (Å²) >= 11 is 0. The third-order valence-corrected chi connectivity index (χ3v) is 6.77. The van der Waals surface area contributed by atoms with E-state index >= 15 is 0 Å². The summed E-state index contributed by atoms with van der Waals surface area (Å²) in [5, 5.41) is 6.20. The maximum absolute atomic E-state index is 13.4. The lowest BCUT2D eigenvalue weighted by Gasteiger charge is -2.19. The van der Waals surface area contributed by atoms with Gasteiger partial charge in [0.05, 0.1) is 11.8 Å². The number of fused-ring (bicyclic) bond motifs is 1. The molecule has 0 fully saturated rings. The van der Waals surface area contributed by atoms with Crippen molar-refractivity contribution >= 4 is 34.1 Å². The molecule has 6 nitrogen and oxygen atoms in total. The number of alkyl halides is 3. The zero-order chi connectivity index (χ0) is 29.4. The molecular weight excluding hydrogens is 531 g/mol. The molecule has 2 amide bonds. The van der Waals surface area contributed by atoms with Gasteiger partial charge in [-0.05, 0) is 77.2 Å². The fourth-order valence-electron chi connectivity index (χ4n) is 4.54. The van der Waals surface area contributed by atoms with Crippen LogP contribution in [0.4, 0.5) is 24.5 Å². The highest BCUT2D eigenvalue weighted by Crippen LogP contribution is 2.31. The van der Waals surface area contributed by atoms with Gasteiger partial charge in [0, 0.05) is 28.8 Å². The molecular formula is C32H28F3N3O3. The fraction of sp³-hybridized carbons (Fsp3) is 0.188. The molecule has 0 unspecified atom stereocenters. The molecule has 0 saturated heterocycles.